The standard InChI is InChI=1S/C17H19N3O3/c21-16(12-14-6-7-18-13-14)19-8-10-20(11-9-19)17(22)23-15-4-2-1-3-5-15/h1-7,13,18H,8-12H2. The molecular weight excluding hydrogens is 294 g/mol. The molecule has 1 N–H and O–H groups in total. The Morgan fingerprint density at radius 3 is 2.35 bits per heavy atom. The number of benzene rings is 1. The summed E-state index contributed by atoms with van der Waals surface area (Å²) in [4.78, 5) is 30.7. The van der Waals surface area contributed by atoms with Crippen molar-refractivity contribution in [3.05, 3.63) is 54.4 Å². The number of ether oxygens (including phenoxy) is 1. The molecule has 0 spiro atoms. The van der Waals surface area contributed by atoms with Crippen LogP contribution < -0.4 is 4.74 Å². The fraction of sp³-hybridized carbons (Fsp3) is 0.294. The molecule has 1 aliphatic rings. The Bertz CT molecular complexity index is 647. The third-order valence-corrected chi connectivity index (χ3v) is 3.86. The predicted octanol–water partition coefficient (Wildman–Crippen LogP) is 1.90. The molecule has 1 saturated heterocycles. The number of nitrogens with one attached hydrogen (secondary N) is 1. The van der Waals surface area contributed by atoms with Gasteiger partial charge in [0.05, 0.1) is 6.42 Å². The van der Waals surface area contributed by atoms with Gasteiger partial charge in [-0.1, -0.05) is 18.2 Å². The van der Waals surface area contributed by atoms with E-state index in [9.17, 15) is 9.59 Å². The fourth-order valence-corrected chi connectivity index (χ4v) is 2.55. The van der Waals surface area contributed by atoms with E-state index < -0.39 is 0 Å². The van der Waals surface area contributed by atoms with Gasteiger partial charge in [-0.15, -0.1) is 0 Å². The molecule has 1 aliphatic heterocycles. The van der Waals surface area contributed by atoms with E-state index in [1.807, 2.05) is 30.5 Å². The lowest BCUT2D eigenvalue weighted by Crippen LogP contribution is -2.51. The highest BCUT2D eigenvalue weighted by molar-refractivity contribution is 5.79. The SMILES string of the molecule is O=C(Cc1cc[nH]c1)N1CCN(C(=O)Oc2ccccc2)CC1. The number of nitrogens with zero attached hydrogens (tertiary/aromatic N) is 2. The number of rotatable bonds is 3. The minimum Gasteiger partial charge on any atom is -0.410 e. The molecule has 2 aromatic rings. The van der Waals surface area contributed by atoms with Gasteiger partial charge < -0.3 is 19.5 Å². The van der Waals surface area contributed by atoms with Gasteiger partial charge in [-0.2, -0.15) is 0 Å². The highest BCUT2D eigenvalue weighted by atomic mass is 16.6. The second-order valence-corrected chi connectivity index (χ2v) is 5.44. The van der Waals surface area contributed by atoms with Crippen LogP contribution in [0.2, 0.25) is 0 Å². The van der Waals surface area contributed by atoms with Crippen molar-refractivity contribution < 1.29 is 14.3 Å². The van der Waals surface area contributed by atoms with Gasteiger partial charge in [0.1, 0.15) is 5.75 Å². The normalized spacial score (nSPS) is 14.6. The van der Waals surface area contributed by atoms with Crippen molar-refractivity contribution in [2.24, 2.45) is 0 Å². The van der Waals surface area contributed by atoms with Gasteiger partial charge in [0.15, 0.2) is 0 Å². The van der Waals surface area contributed by atoms with E-state index in [1.54, 1.807) is 28.1 Å². The second kappa shape index (κ2) is 7.00. The molecule has 3 rings (SSSR count). The van der Waals surface area contributed by atoms with Crippen LogP contribution in [0.3, 0.4) is 0 Å². The first-order chi connectivity index (χ1) is 11.2. The maximum Gasteiger partial charge on any atom is 0.415 e. The van der Waals surface area contributed by atoms with E-state index in [2.05, 4.69) is 4.98 Å². The molecule has 2 heterocycles. The van der Waals surface area contributed by atoms with Gasteiger partial charge >= 0.3 is 6.09 Å². The monoisotopic (exact) mass is 313 g/mol. The van der Waals surface area contributed by atoms with Crippen molar-refractivity contribution in [1.82, 2.24) is 14.8 Å². The zero-order valence-electron chi connectivity index (χ0n) is 12.8. The van der Waals surface area contributed by atoms with Crippen LogP contribution in [0.5, 0.6) is 5.75 Å². The van der Waals surface area contributed by atoms with E-state index in [0.29, 0.717) is 38.3 Å². The average Bonchev–Trinajstić information content (AvgIpc) is 3.09. The highest BCUT2D eigenvalue weighted by Gasteiger charge is 2.25. The van der Waals surface area contributed by atoms with Gasteiger partial charge in [-0.3, -0.25) is 4.79 Å². The van der Waals surface area contributed by atoms with Crippen molar-refractivity contribution in [1.29, 1.82) is 0 Å². The number of amides is 2. The maximum absolute atomic E-state index is 12.2. The van der Waals surface area contributed by atoms with E-state index >= 15 is 0 Å². The van der Waals surface area contributed by atoms with E-state index in [-0.39, 0.29) is 12.0 Å². The molecule has 0 unspecified atom stereocenters. The zero-order valence-corrected chi connectivity index (χ0v) is 12.8. The first-order valence-electron chi connectivity index (χ1n) is 7.63. The molecule has 6 nitrogen and oxygen atoms in total. The third-order valence-electron chi connectivity index (χ3n) is 3.86. The summed E-state index contributed by atoms with van der Waals surface area (Å²) in [5.74, 6) is 0.615. The first-order valence-corrected chi connectivity index (χ1v) is 7.63. The Morgan fingerprint density at radius 2 is 1.70 bits per heavy atom. The molecule has 0 atom stereocenters. The van der Waals surface area contributed by atoms with Crippen molar-refractivity contribution in [3.8, 4) is 5.75 Å². The lowest BCUT2D eigenvalue weighted by atomic mass is 10.2. The molecule has 0 aliphatic carbocycles. The average molecular weight is 313 g/mol. The number of hydrogen-bond acceptors (Lipinski definition) is 3. The molecule has 1 aromatic heterocycles. The van der Waals surface area contributed by atoms with Crippen LogP contribution in [0.15, 0.2) is 48.8 Å². The number of carbonyl (C=O) groups excluding carboxylic acids is 2. The Kier molecular flexibility index (Phi) is 4.61. The van der Waals surface area contributed by atoms with Gasteiger partial charge in [0.25, 0.3) is 0 Å². The van der Waals surface area contributed by atoms with Crippen LogP contribution in [0.4, 0.5) is 4.79 Å². The molecular formula is C17H19N3O3. The summed E-state index contributed by atoms with van der Waals surface area (Å²) >= 11 is 0. The molecule has 1 fully saturated rings. The number of hydrogen-bond donors (Lipinski definition) is 1. The Labute approximate surface area is 134 Å². The van der Waals surface area contributed by atoms with E-state index in [0.717, 1.165) is 5.56 Å². The smallest absolute Gasteiger partial charge is 0.410 e. The van der Waals surface area contributed by atoms with Crippen LogP contribution in [0, 0.1) is 0 Å². The Morgan fingerprint density at radius 1 is 1.00 bits per heavy atom. The lowest BCUT2D eigenvalue weighted by molar-refractivity contribution is -0.132. The summed E-state index contributed by atoms with van der Waals surface area (Å²) in [6.07, 6.45) is 3.65. The minimum absolute atomic E-state index is 0.0840. The number of aromatic nitrogens is 1. The summed E-state index contributed by atoms with van der Waals surface area (Å²) in [6, 6.07) is 10.9. The second-order valence-electron chi connectivity index (χ2n) is 5.44. The maximum atomic E-state index is 12.2. The molecule has 0 bridgehead atoms. The Balaban J connectivity index is 1.48. The fourth-order valence-electron chi connectivity index (χ4n) is 2.55. The van der Waals surface area contributed by atoms with Crippen LogP contribution >= 0.6 is 0 Å². The Hall–Kier alpha value is -2.76. The molecule has 120 valence electrons. The lowest BCUT2D eigenvalue weighted by Gasteiger charge is -2.34. The first kappa shape index (κ1) is 15.1. The predicted molar refractivity (Wildman–Crippen MR) is 85.1 cm³/mol. The van der Waals surface area contributed by atoms with Gasteiger partial charge in [-0.05, 0) is 23.8 Å². The molecule has 0 saturated carbocycles. The van der Waals surface area contributed by atoms with E-state index in [4.69, 9.17) is 4.74 Å². The van der Waals surface area contributed by atoms with Crippen molar-refractivity contribution in [2.75, 3.05) is 26.2 Å². The number of H-pyrrole nitrogens is 1. The van der Waals surface area contributed by atoms with Gasteiger partial charge in [0, 0.05) is 38.6 Å². The van der Waals surface area contributed by atoms with Crippen molar-refractivity contribution >= 4 is 12.0 Å². The number of piperazine rings is 1. The summed E-state index contributed by atoms with van der Waals surface area (Å²) < 4.78 is 5.31. The highest BCUT2D eigenvalue weighted by Crippen LogP contribution is 2.12. The van der Waals surface area contributed by atoms with Crippen LogP contribution in [0.25, 0.3) is 0 Å². The van der Waals surface area contributed by atoms with Crippen LogP contribution in [-0.2, 0) is 11.2 Å². The van der Waals surface area contributed by atoms with Crippen molar-refractivity contribution in [2.45, 2.75) is 6.42 Å². The number of carbonyl (C=O) groups is 2. The quantitative estimate of drug-likeness (QED) is 0.941. The topological polar surface area (TPSA) is 65.6 Å². The summed E-state index contributed by atoms with van der Waals surface area (Å²) in [5, 5.41) is 0. The summed E-state index contributed by atoms with van der Waals surface area (Å²) in [5.41, 5.74) is 0.973. The van der Waals surface area contributed by atoms with Crippen LogP contribution in [0.1, 0.15) is 5.56 Å². The third kappa shape index (κ3) is 3.91. The van der Waals surface area contributed by atoms with Gasteiger partial charge in [0.2, 0.25) is 5.91 Å². The zero-order chi connectivity index (χ0) is 16.1. The molecule has 23 heavy (non-hydrogen) atoms. The number of para-hydroxylation sites is 1. The summed E-state index contributed by atoms with van der Waals surface area (Å²) in [6.45, 7) is 2.05. The van der Waals surface area contributed by atoms with Crippen molar-refractivity contribution in [3.63, 3.8) is 0 Å². The van der Waals surface area contributed by atoms with E-state index in [1.165, 1.54) is 0 Å². The molecule has 1 aromatic carbocycles. The minimum atomic E-state index is -0.367. The van der Waals surface area contributed by atoms with Gasteiger partial charge in [-0.25, -0.2) is 4.79 Å². The largest absolute Gasteiger partial charge is 0.415 e. The van der Waals surface area contributed by atoms with Crippen LogP contribution in [-0.4, -0.2) is 53.0 Å². The molecule has 6 heteroatoms. The summed E-state index contributed by atoms with van der Waals surface area (Å²) in [7, 11) is 0. The molecule has 0 radical (unpaired) electrons. The number of aromatic amines is 1. The molecule has 2 amide bonds.